The van der Waals surface area contributed by atoms with Crippen molar-refractivity contribution in [3.63, 3.8) is 0 Å². The number of benzene rings is 1. The fourth-order valence-corrected chi connectivity index (χ4v) is 4.15. The van der Waals surface area contributed by atoms with Crippen molar-refractivity contribution in [3.8, 4) is 11.5 Å². The highest BCUT2D eigenvalue weighted by molar-refractivity contribution is 9.10. The Kier molecular flexibility index (Phi) is 3.77. The highest BCUT2D eigenvalue weighted by Gasteiger charge is 2.26. The predicted molar refractivity (Wildman–Crippen MR) is 81.9 cm³/mol. The number of halogens is 1. The van der Waals surface area contributed by atoms with E-state index in [1.165, 1.54) is 0 Å². The molecule has 0 saturated carbocycles. The summed E-state index contributed by atoms with van der Waals surface area (Å²) in [7, 11) is -3.81. The third kappa shape index (κ3) is 2.66. The topological polar surface area (TPSA) is 90.7 Å². The number of aromatic nitrogens is 1. The van der Waals surface area contributed by atoms with Crippen LogP contribution in [0.5, 0.6) is 11.5 Å². The molecule has 118 valence electrons. The third-order valence-corrected chi connectivity index (χ3v) is 5.38. The van der Waals surface area contributed by atoms with Crippen LogP contribution in [0.2, 0.25) is 0 Å². The Morgan fingerprint density at radius 1 is 1.18 bits per heavy atom. The van der Waals surface area contributed by atoms with Gasteiger partial charge in [0.05, 0.1) is 5.69 Å². The second-order valence-electron chi connectivity index (χ2n) is 4.73. The van der Waals surface area contributed by atoms with E-state index >= 15 is 0 Å². The molecule has 0 bridgehead atoms. The minimum absolute atomic E-state index is 0.0364. The van der Waals surface area contributed by atoms with Gasteiger partial charge in [-0.2, -0.15) is 0 Å². The lowest BCUT2D eigenvalue weighted by Crippen LogP contribution is -2.17. The summed E-state index contributed by atoms with van der Waals surface area (Å²) >= 11 is 3.33. The molecule has 7 nitrogen and oxygen atoms in total. The summed E-state index contributed by atoms with van der Waals surface area (Å²) in [6.07, 6.45) is 0. The first-order chi connectivity index (χ1) is 10.4. The van der Waals surface area contributed by atoms with Gasteiger partial charge in [0.25, 0.3) is 10.0 Å². The van der Waals surface area contributed by atoms with Gasteiger partial charge in [0, 0.05) is 16.6 Å². The summed E-state index contributed by atoms with van der Waals surface area (Å²) in [5.41, 5.74) is 0.655. The van der Waals surface area contributed by atoms with Gasteiger partial charge in [-0.25, -0.2) is 8.42 Å². The van der Waals surface area contributed by atoms with Crippen LogP contribution in [-0.4, -0.2) is 26.8 Å². The monoisotopic (exact) mass is 388 g/mol. The quantitative estimate of drug-likeness (QED) is 0.868. The highest BCUT2D eigenvalue weighted by atomic mass is 79.9. The number of hydrogen-bond acceptors (Lipinski definition) is 6. The molecule has 0 fully saturated rings. The van der Waals surface area contributed by atoms with E-state index in [0.29, 0.717) is 40.6 Å². The van der Waals surface area contributed by atoms with Gasteiger partial charge in [0.15, 0.2) is 22.2 Å². The van der Waals surface area contributed by atoms with Gasteiger partial charge in [-0.15, -0.1) is 0 Å². The third-order valence-electron chi connectivity index (χ3n) is 3.11. The number of anilines is 1. The Balaban J connectivity index is 1.99. The Hall–Kier alpha value is -1.74. The summed E-state index contributed by atoms with van der Waals surface area (Å²) in [5.74, 6) is 1.29. The van der Waals surface area contributed by atoms with Crippen molar-refractivity contribution >= 4 is 31.6 Å². The molecule has 2 heterocycles. The largest absolute Gasteiger partial charge is 0.486 e. The van der Waals surface area contributed by atoms with Crippen LogP contribution in [0.25, 0.3) is 0 Å². The molecule has 1 N–H and O–H groups in total. The first kappa shape index (κ1) is 15.2. The fourth-order valence-electron chi connectivity index (χ4n) is 2.20. The van der Waals surface area contributed by atoms with Crippen LogP contribution in [0, 0.1) is 13.8 Å². The highest BCUT2D eigenvalue weighted by Crippen LogP contribution is 2.39. The zero-order valence-electron chi connectivity index (χ0n) is 11.8. The molecule has 0 aliphatic carbocycles. The number of nitrogens with one attached hydrogen (secondary N) is 1. The molecule has 3 rings (SSSR count). The Morgan fingerprint density at radius 2 is 1.82 bits per heavy atom. The van der Waals surface area contributed by atoms with Crippen LogP contribution in [-0.2, 0) is 10.0 Å². The van der Waals surface area contributed by atoms with Crippen molar-refractivity contribution in [1.29, 1.82) is 0 Å². The molecule has 0 saturated heterocycles. The van der Waals surface area contributed by atoms with Gasteiger partial charge in [0.2, 0.25) is 0 Å². The van der Waals surface area contributed by atoms with Crippen molar-refractivity contribution in [2.75, 3.05) is 17.9 Å². The molecule has 0 atom stereocenters. The molecule has 0 amide bonds. The maximum Gasteiger partial charge on any atom is 0.267 e. The molecule has 0 spiro atoms. The summed E-state index contributed by atoms with van der Waals surface area (Å²) in [6.45, 7) is 4.01. The summed E-state index contributed by atoms with van der Waals surface area (Å²) in [6, 6.07) is 3.24. The summed E-state index contributed by atoms with van der Waals surface area (Å²) < 4.78 is 43.9. The van der Waals surface area contributed by atoms with Crippen LogP contribution in [0.15, 0.2) is 26.0 Å². The number of nitrogens with zero attached hydrogens (tertiary/aromatic N) is 1. The maximum atomic E-state index is 12.5. The van der Waals surface area contributed by atoms with E-state index in [2.05, 4.69) is 25.8 Å². The van der Waals surface area contributed by atoms with Gasteiger partial charge < -0.3 is 14.0 Å². The summed E-state index contributed by atoms with van der Waals surface area (Å²) in [5, 5.41) is 3.67. The lowest BCUT2D eigenvalue weighted by Gasteiger charge is -2.20. The normalized spacial score (nSPS) is 14.0. The van der Waals surface area contributed by atoms with Gasteiger partial charge in [-0.1, -0.05) is 5.16 Å². The van der Waals surface area contributed by atoms with Crippen molar-refractivity contribution in [2.45, 2.75) is 18.7 Å². The number of aryl methyl sites for hydroxylation is 2. The smallest absolute Gasteiger partial charge is 0.267 e. The van der Waals surface area contributed by atoms with Crippen LogP contribution in [0.4, 0.5) is 5.69 Å². The van der Waals surface area contributed by atoms with E-state index in [4.69, 9.17) is 14.0 Å². The molecule has 0 unspecified atom stereocenters. The minimum atomic E-state index is -3.81. The average Bonchev–Trinajstić information content (AvgIpc) is 2.79. The van der Waals surface area contributed by atoms with Gasteiger partial charge in [-0.05, 0) is 29.8 Å². The predicted octanol–water partition coefficient (Wildman–Crippen LogP) is 2.63. The molecular formula is C13H13BrN2O5S. The molecule has 1 aliphatic heterocycles. The second-order valence-corrected chi connectivity index (χ2v) is 7.21. The van der Waals surface area contributed by atoms with Crippen LogP contribution >= 0.6 is 15.9 Å². The lowest BCUT2D eigenvalue weighted by molar-refractivity contribution is 0.171. The standard InChI is InChI=1S/C13H13BrN2O5S/c1-7-13(8(2)21-15-7)22(17,18)16-10-6-12-11(5-9(10)14)19-3-4-20-12/h5-6,16H,3-4H2,1-2H3. The van der Waals surface area contributed by atoms with Gasteiger partial charge >= 0.3 is 0 Å². The Morgan fingerprint density at radius 3 is 2.41 bits per heavy atom. The molecule has 0 radical (unpaired) electrons. The minimum Gasteiger partial charge on any atom is -0.486 e. The van der Waals surface area contributed by atoms with E-state index in [0.717, 1.165) is 0 Å². The summed E-state index contributed by atoms with van der Waals surface area (Å²) in [4.78, 5) is 0.0364. The average molecular weight is 389 g/mol. The number of sulfonamides is 1. The molecule has 1 aromatic carbocycles. The van der Waals surface area contributed by atoms with Crippen LogP contribution in [0.1, 0.15) is 11.5 Å². The Bertz CT molecular complexity index is 812. The van der Waals surface area contributed by atoms with Crippen molar-refractivity contribution in [1.82, 2.24) is 5.16 Å². The number of fused-ring (bicyclic) bond motifs is 1. The molecule has 22 heavy (non-hydrogen) atoms. The molecule has 1 aromatic heterocycles. The van der Waals surface area contributed by atoms with Crippen LogP contribution < -0.4 is 14.2 Å². The number of hydrogen-bond donors (Lipinski definition) is 1. The first-order valence-corrected chi connectivity index (χ1v) is 8.71. The first-order valence-electron chi connectivity index (χ1n) is 6.43. The van der Waals surface area contributed by atoms with Gasteiger partial charge in [-0.3, -0.25) is 4.72 Å². The molecule has 2 aromatic rings. The molecule has 1 aliphatic rings. The number of ether oxygens (including phenoxy) is 2. The zero-order chi connectivity index (χ0) is 15.9. The van der Waals surface area contributed by atoms with Crippen LogP contribution in [0.3, 0.4) is 0 Å². The van der Waals surface area contributed by atoms with Crippen molar-refractivity contribution in [3.05, 3.63) is 28.1 Å². The van der Waals surface area contributed by atoms with Crippen molar-refractivity contribution in [2.24, 2.45) is 0 Å². The lowest BCUT2D eigenvalue weighted by atomic mass is 10.2. The van der Waals surface area contributed by atoms with E-state index in [1.807, 2.05) is 0 Å². The van der Waals surface area contributed by atoms with Crippen molar-refractivity contribution < 1.29 is 22.4 Å². The number of rotatable bonds is 3. The van der Waals surface area contributed by atoms with E-state index in [9.17, 15) is 8.42 Å². The maximum absolute atomic E-state index is 12.5. The van der Waals surface area contributed by atoms with Gasteiger partial charge in [0.1, 0.15) is 18.9 Å². The fraction of sp³-hybridized carbons (Fsp3) is 0.308. The Labute approximate surface area is 135 Å². The zero-order valence-corrected chi connectivity index (χ0v) is 14.2. The molecular weight excluding hydrogens is 376 g/mol. The van der Waals surface area contributed by atoms with E-state index in [1.54, 1.807) is 26.0 Å². The second kappa shape index (κ2) is 5.47. The van der Waals surface area contributed by atoms with E-state index in [-0.39, 0.29) is 10.7 Å². The molecule has 9 heteroatoms. The van der Waals surface area contributed by atoms with E-state index < -0.39 is 10.0 Å². The SMILES string of the molecule is Cc1noc(C)c1S(=O)(=O)Nc1cc2c(cc1Br)OCCO2.